The van der Waals surface area contributed by atoms with Gasteiger partial charge in [0.1, 0.15) is 6.61 Å². The van der Waals surface area contributed by atoms with Gasteiger partial charge in [0, 0.05) is 7.11 Å². The van der Waals surface area contributed by atoms with Crippen LogP contribution in [-0.4, -0.2) is 26.4 Å². The van der Waals surface area contributed by atoms with Crippen molar-refractivity contribution in [3.8, 4) is 5.75 Å². The van der Waals surface area contributed by atoms with Crippen LogP contribution in [0.4, 0.5) is 4.39 Å². The van der Waals surface area contributed by atoms with Gasteiger partial charge in [-0.1, -0.05) is 12.1 Å². The predicted molar refractivity (Wildman–Crippen MR) is 56.5 cm³/mol. The van der Waals surface area contributed by atoms with E-state index in [-0.39, 0.29) is 24.2 Å². The molecule has 0 heterocycles. The summed E-state index contributed by atoms with van der Waals surface area (Å²) in [5, 5.41) is 0. The third-order valence-corrected chi connectivity index (χ3v) is 1.99. The number of ether oxygens (including phenoxy) is 2. The SMILES string of the molecule is COCC(N)COc1cccc(C)c1F. The number of hydrogen-bond acceptors (Lipinski definition) is 3. The molecule has 2 N–H and O–H groups in total. The zero-order chi connectivity index (χ0) is 11.3. The second-order valence-corrected chi connectivity index (χ2v) is 3.41. The Labute approximate surface area is 89.0 Å². The summed E-state index contributed by atoms with van der Waals surface area (Å²) in [5.74, 6) is -0.0938. The van der Waals surface area contributed by atoms with Gasteiger partial charge in [-0.2, -0.15) is 0 Å². The van der Waals surface area contributed by atoms with Gasteiger partial charge in [0.2, 0.25) is 0 Å². The molecule has 0 saturated carbocycles. The minimum Gasteiger partial charge on any atom is -0.489 e. The van der Waals surface area contributed by atoms with E-state index in [0.717, 1.165) is 0 Å². The van der Waals surface area contributed by atoms with Gasteiger partial charge in [-0.25, -0.2) is 4.39 Å². The largest absolute Gasteiger partial charge is 0.489 e. The van der Waals surface area contributed by atoms with E-state index in [0.29, 0.717) is 12.2 Å². The quantitative estimate of drug-likeness (QED) is 0.805. The van der Waals surface area contributed by atoms with Gasteiger partial charge in [-0.15, -0.1) is 0 Å². The summed E-state index contributed by atoms with van der Waals surface area (Å²) in [6.07, 6.45) is 0. The molecule has 1 aromatic carbocycles. The fraction of sp³-hybridized carbons (Fsp3) is 0.455. The van der Waals surface area contributed by atoms with Crippen molar-refractivity contribution < 1.29 is 13.9 Å². The molecule has 1 rings (SSSR count). The number of methoxy groups -OCH3 is 1. The van der Waals surface area contributed by atoms with Crippen molar-refractivity contribution in [2.24, 2.45) is 5.73 Å². The summed E-state index contributed by atoms with van der Waals surface area (Å²) in [6.45, 7) is 2.33. The Bertz CT molecular complexity index is 317. The molecular weight excluding hydrogens is 197 g/mol. The van der Waals surface area contributed by atoms with E-state index in [9.17, 15) is 4.39 Å². The number of rotatable bonds is 5. The summed E-state index contributed by atoms with van der Waals surface area (Å²) in [4.78, 5) is 0. The summed E-state index contributed by atoms with van der Waals surface area (Å²) >= 11 is 0. The number of aryl methyl sites for hydroxylation is 1. The molecule has 1 aromatic rings. The lowest BCUT2D eigenvalue weighted by molar-refractivity contribution is 0.151. The topological polar surface area (TPSA) is 44.5 Å². The normalized spacial score (nSPS) is 12.5. The molecule has 0 spiro atoms. The average molecular weight is 213 g/mol. The van der Waals surface area contributed by atoms with Crippen LogP contribution in [0.2, 0.25) is 0 Å². The highest BCUT2D eigenvalue weighted by molar-refractivity contribution is 5.30. The number of nitrogens with two attached hydrogens (primary N) is 1. The lowest BCUT2D eigenvalue weighted by Crippen LogP contribution is -2.32. The lowest BCUT2D eigenvalue weighted by Gasteiger charge is -2.13. The first-order chi connectivity index (χ1) is 7.15. The van der Waals surface area contributed by atoms with E-state index >= 15 is 0 Å². The van der Waals surface area contributed by atoms with Crippen LogP contribution < -0.4 is 10.5 Å². The smallest absolute Gasteiger partial charge is 0.167 e. The molecule has 0 amide bonds. The standard InChI is InChI=1S/C11H16FNO2/c1-8-4-3-5-10(11(8)12)15-7-9(13)6-14-2/h3-5,9H,6-7,13H2,1-2H3. The molecule has 0 radical (unpaired) electrons. The van der Waals surface area contributed by atoms with Gasteiger partial charge in [-0.3, -0.25) is 0 Å². The average Bonchev–Trinajstić information content (AvgIpc) is 2.21. The minimum absolute atomic E-state index is 0.238. The fourth-order valence-corrected chi connectivity index (χ4v) is 1.19. The van der Waals surface area contributed by atoms with E-state index in [1.165, 1.54) is 0 Å². The Hall–Kier alpha value is -1.13. The first-order valence-corrected chi connectivity index (χ1v) is 4.77. The van der Waals surface area contributed by atoms with Gasteiger partial charge >= 0.3 is 0 Å². The van der Waals surface area contributed by atoms with Crippen molar-refractivity contribution in [1.29, 1.82) is 0 Å². The molecule has 84 valence electrons. The highest BCUT2D eigenvalue weighted by atomic mass is 19.1. The summed E-state index contributed by atoms with van der Waals surface area (Å²) in [7, 11) is 1.56. The summed E-state index contributed by atoms with van der Waals surface area (Å²) < 4.78 is 23.5. The van der Waals surface area contributed by atoms with Crippen molar-refractivity contribution in [1.82, 2.24) is 0 Å². The Balaban J connectivity index is 2.54. The second-order valence-electron chi connectivity index (χ2n) is 3.41. The van der Waals surface area contributed by atoms with Gasteiger partial charge in [0.25, 0.3) is 0 Å². The van der Waals surface area contributed by atoms with Crippen molar-refractivity contribution in [3.63, 3.8) is 0 Å². The molecule has 0 saturated heterocycles. The van der Waals surface area contributed by atoms with Crippen LogP contribution in [0, 0.1) is 12.7 Å². The van der Waals surface area contributed by atoms with Crippen molar-refractivity contribution >= 4 is 0 Å². The van der Waals surface area contributed by atoms with Gasteiger partial charge in [-0.05, 0) is 18.6 Å². The van der Waals surface area contributed by atoms with E-state index in [4.69, 9.17) is 15.2 Å². The van der Waals surface area contributed by atoms with Crippen LogP contribution in [0.1, 0.15) is 5.56 Å². The Kier molecular flexibility index (Phi) is 4.52. The monoisotopic (exact) mass is 213 g/mol. The molecule has 1 unspecified atom stereocenters. The molecule has 0 aliphatic carbocycles. The van der Waals surface area contributed by atoms with Crippen LogP contribution in [0.5, 0.6) is 5.75 Å². The second kappa shape index (κ2) is 5.68. The summed E-state index contributed by atoms with van der Waals surface area (Å²) in [6, 6.07) is 4.78. The molecule has 4 heteroatoms. The highest BCUT2D eigenvalue weighted by Gasteiger charge is 2.08. The molecule has 0 aliphatic heterocycles. The summed E-state index contributed by atoms with van der Waals surface area (Å²) in [5.41, 5.74) is 6.21. The Morgan fingerprint density at radius 3 is 2.80 bits per heavy atom. The molecule has 1 atom stereocenters. The number of benzene rings is 1. The van der Waals surface area contributed by atoms with Crippen molar-refractivity contribution in [2.75, 3.05) is 20.3 Å². The highest BCUT2D eigenvalue weighted by Crippen LogP contribution is 2.19. The van der Waals surface area contributed by atoms with Crippen LogP contribution in [0.3, 0.4) is 0 Å². The van der Waals surface area contributed by atoms with Crippen molar-refractivity contribution in [2.45, 2.75) is 13.0 Å². The fourth-order valence-electron chi connectivity index (χ4n) is 1.19. The molecule has 0 bridgehead atoms. The molecule has 0 fully saturated rings. The van der Waals surface area contributed by atoms with Crippen LogP contribution >= 0.6 is 0 Å². The van der Waals surface area contributed by atoms with Crippen LogP contribution in [0.25, 0.3) is 0 Å². The van der Waals surface area contributed by atoms with Gasteiger partial charge < -0.3 is 15.2 Å². The van der Waals surface area contributed by atoms with E-state index in [2.05, 4.69) is 0 Å². The van der Waals surface area contributed by atoms with Gasteiger partial charge in [0.15, 0.2) is 11.6 Å². The molecular formula is C11H16FNO2. The van der Waals surface area contributed by atoms with Crippen molar-refractivity contribution in [3.05, 3.63) is 29.6 Å². The number of halogens is 1. The first kappa shape index (κ1) is 11.9. The third kappa shape index (κ3) is 3.49. The molecule has 3 nitrogen and oxygen atoms in total. The molecule has 15 heavy (non-hydrogen) atoms. The maximum Gasteiger partial charge on any atom is 0.167 e. The first-order valence-electron chi connectivity index (χ1n) is 4.77. The van der Waals surface area contributed by atoms with E-state index in [1.54, 1.807) is 32.2 Å². The molecule has 0 aliphatic rings. The zero-order valence-corrected chi connectivity index (χ0v) is 9.00. The minimum atomic E-state index is -0.331. The Morgan fingerprint density at radius 1 is 1.40 bits per heavy atom. The maximum atomic E-state index is 13.4. The number of hydrogen-bond donors (Lipinski definition) is 1. The third-order valence-electron chi connectivity index (χ3n) is 1.99. The zero-order valence-electron chi connectivity index (χ0n) is 9.00. The van der Waals surface area contributed by atoms with Crippen LogP contribution in [0.15, 0.2) is 18.2 Å². The predicted octanol–water partition coefficient (Wildman–Crippen LogP) is 1.49. The molecule has 0 aromatic heterocycles. The van der Waals surface area contributed by atoms with E-state index < -0.39 is 0 Å². The van der Waals surface area contributed by atoms with E-state index in [1.807, 2.05) is 0 Å². The van der Waals surface area contributed by atoms with Crippen LogP contribution in [-0.2, 0) is 4.74 Å². The lowest BCUT2D eigenvalue weighted by atomic mass is 10.2. The Morgan fingerprint density at radius 2 is 2.13 bits per heavy atom. The van der Waals surface area contributed by atoms with Gasteiger partial charge in [0.05, 0.1) is 12.6 Å². The maximum absolute atomic E-state index is 13.4.